The Morgan fingerprint density at radius 3 is 2.47 bits per heavy atom. The van der Waals surface area contributed by atoms with Gasteiger partial charge >= 0.3 is 0 Å². The van der Waals surface area contributed by atoms with Crippen LogP contribution >= 0.6 is 11.6 Å². The fourth-order valence-electron chi connectivity index (χ4n) is 3.61. The Kier molecular flexibility index (Phi) is 6.10. The molecule has 6 heteroatoms. The molecule has 0 aliphatic carbocycles. The molecule has 0 aliphatic heterocycles. The van der Waals surface area contributed by atoms with Gasteiger partial charge in [0.05, 0.1) is 19.8 Å². The van der Waals surface area contributed by atoms with Gasteiger partial charge in [-0.3, -0.25) is 9.59 Å². The lowest BCUT2D eigenvalue weighted by Crippen LogP contribution is -2.18. The van der Waals surface area contributed by atoms with Crippen molar-refractivity contribution in [3.05, 3.63) is 99.3 Å². The Labute approximate surface area is 189 Å². The van der Waals surface area contributed by atoms with Gasteiger partial charge in [-0.25, -0.2) is 0 Å². The van der Waals surface area contributed by atoms with E-state index in [1.807, 2.05) is 30.3 Å². The molecule has 1 N–H and O–H groups in total. The van der Waals surface area contributed by atoms with Crippen LogP contribution in [0.4, 0.5) is 0 Å². The van der Waals surface area contributed by atoms with Crippen molar-refractivity contribution in [3.8, 4) is 22.6 Å². The monoisotopic (exact) mass is 445 g/mol. The number of H-pyrrole nitrogens is 1. The summed E-state index contributed by atoms with van der Waals surface area (Å²) in [5, 5.41) is 1.21. The molecule has 0 atom stereocenters. The molecule has 1 aromatic heterocycles. The SMILES string of the molecule is COc1ccc(C=CC(=O)c2c(-c3ccccc3)c3cc(Cl)ccc3[nH]c2=O)c(OC)c1. The van der Waals surface area contributed by atoms with E-state index in [1.54, 1.807) is 56.7 Å². The lowest BCUT2D eigenvalue weighted by atomic mass is 9.94. The van der Waals surface area contributed by atoms with Crippen LogP contribution in [0.5, 0.6) is 11.5 Å². The number of benzene rings is 3. The molecule has 0 bridgehead atoms. The molecule has 0 spiro atoms. The minimum Gasteiger partial charge on any atom is -0.497 e. The number of carbonyl (C=O) groups excluding carboxylic acids is 1. The maximum Gasteiger partial charge on any atom is 0.260 e. The predicted molar refractivity (Wildman–Crippen MR) is 128 cm³/mol. The summed E-state index contributed by atoms with van der Waals surface area (Å²) in [7, 11) is 3.11. The van der Waals surface area contributed by atoms with Crippen molar-refractivity contribution < 1.29 is 14.3 Å². The Bertz CT molecular complexity index is 1390. The first-order valence-electron chi connectivity index (χ1n) is 9.87. The number of allylic oxidation sites excluding steroid dienone is 1. The lowest BCUT2D eigenvalue weighted by molar-refractivity contribution is 0.104. The maximum absolute atomic E-state index is 13.3. The third-order valence-corrected chi connectivity index (χ3v) is 5.38. The second-order valence-corrected chi connectivity index (χ2v) is 7.50. The van der Waals surface area contributed by atoms with Gasteiger partial charge in [-0.2, -0.15) is 0 Å². The Morgan fingerprint density at radius 2 is 1.75 bits per heavy atom. The van der Waals surface area contributed by atoms with Gasteiger partial charge in [0.1, 0.15) is 11.5 Å². The van der Waals surface area contributed by atoms with Gasteiger partial charge in [-0.05, 0) is 48.0 Å². The summed E-state index contributed by atoms with van der Waals surface area (Å²) in [5.41, 5.74) is 2.18. The van der Waals surface area contributed by atoms with Crippen LogP contribution in [0, 0.1) is 0 Å². The molecule has 0 amide bonds. The number of carbonyl (C=O) groups is 1. The standard InChI is InChI=1S/C26H20ClNO4/c1-31-19-11-8-16(23(15-19)32-2)9-13-22(29)25-24(17-6-4-3-5-7-17)20-14-18(27)10-12-21(20)28-26(25)30/h3-15H,1-2H3,(H,28,30). The summed E-state index contributed by atoms with van der Waals surface area (Å²) in [6.45, 7) is 0. The van der Waals surface area contributed by atoms with Gasteiger partial charge in [-0.1, -0.05) is 41.9 Å². The van der Waals surface area contributed by atoms with Crippen LogP contribution in [-0.2, 0) is 0 Å². The van der Waals surface area contributed by atoms with Crippen LogP contribution < -0.4 is 15.0 Å². The first kappa shape index (κ1) is 21.4. The molecule has 4 aromatic rings. The Balaban J connectivity index is 1.87. The minimum absolute atomic E-state index is 0.0506. The molecular formula is C26H20ClNO4. The van der Waals surface area contributed by atoms with E-state index in [-0.39, 0.29) is 5.56 Å². The highest BCUT2D eigenvalue weighted by Gasteiger charge is 2.19. The van der Waals surface area contributed by atoms with E-state index in [0.29, 0.717) is 38.6 Å². The molecule has 3 aromatic carbocycles. The topological polar surface area (TPSA) is 68.4 Å². The van der Waals surface area contributed by atoms with Crippen LogP contribution in [0.15, 0.2) is 77.6 Å². The summed E-state index contributed by atoms with van der Waals surface area (Å²) < 4.78 is 10.6. The number of fused-ring (bicyclic) bond motifs is 1. The fourth-order valence-corrected chi connectivity index (χ4v) is 3.78. The molecule has 5 nitrogen and oxygen atoms in total. The summed E-state index contributed by atoms with van der Waals surface area (Å²) in [5.74, 6) is 0.764. The molecule has 0 saturated heterocycles. The van der Waals surface area contributed by atoms with Gasteiger partial charge in [0.2, 0.25) is 0 Å². The predicted octanol–water partition coefficient (Wildman–Crippen LogP) is 5.76. The van der Waals surface area contributed by atoms with Crippen molar-refractivity contribution in [1.82, 2.24) is 4.98 Å². The van der Waals surface area contributed by atoms with Gasteiger partial charge in [0.15, 0.2) is 5.78 Å². The maximum atomic E-state index is 13.3. The number of hydrogen-bond donors (Lipinski definition) is 1. The number of ketones is 1. The zero-order valence-electron chi connectivity index (χ0n) is 17.5. The third-order valence-electron chi connectivity index (χ3n) is 5.14. The van der Waals surface area contributed by atoms with Crippen LogP contribution in [0.1, 0.15) is 15.9 Å². The number of aromatic amines is 1. The Morgan fingerprint density at radius 1 is 0.969 bits per heavy atom. The Hall–Kier alpha value is -3.83. The quantitative estimate of drug-likeness (QED) is 0.302. The molecule has 160 valence electrons. The first-order chi connectivity index (χ1) is 15.5. The van der Waals surface area contributed by atoms with Crippen molar-refractivity contribution in [1.29, 1.82) is 0 Å². The largest absolute Gasteiger partial charge is 0.497 e. The van der Waals surface area contributed by atoms with Crippen LogP contribution in [0.25, 0.3) is 28.1 Å². The smallest absolute Gasteiger partial charge is 0.260 e. The number of nitrogens with one attached hydrogen (secondary N) is 1. The number of halogens is 1. The zero-order chi connectivity index (χ0) is 22.7. The number of ether oxygens (including phenoxy) is 2. The summed E-state index contributed by atoms with van der Waals surface area (Å²) in [6, 6.07) is 19.8. The summed E-state index contributed by atoms with van der Waals surface area (Å²) in [4.78, 5) is 29.1. The molecule has 0 fully saturated rings. The van der Waals surface area contributed by atoms with E-state index in [9.17, 15) is 9.59 Å². The first-order valence-corrected chi connectivity index (χ1v) is 10.2. The molecule has 0 radical (unpaired) electrons. The summed E-state index contributed by atoms with van der Waals surface area (Å²) >= 11 is 6.23. The molecule has 32 heavy (non-hydrogen) atoms. The van der Waals surface area contributed by atoms with E-state index in [0.717, 1.165) is 5.56 Å². The number of aromatic nitrogens is 1. The van der Waals surface area contributed by atoms with E-state index >= 15 is 0 Å². The van der Waals surface area contributed by atoms with E-state index < -0.39 is 11.3 Å². The van der Waals surface area contributed by atoms with Crippen LogP contribution in [-0.4, -0.2) is 25.0 Å². The van der Waals surface area contributed by atoms with Crippen molar-refractivity contribution in [2.24, 2.45) is 0 Å². The van der Waals surface area contributed by atoms with Crippen LogP contribution in [0.3, 0.4) is 0 Å². The third kappa shape index (κ3) is 4.15. The highest BCUT2D eigenvalue weighted by atomic mass is 35.5. The number of hydrogen-bond acceptors (Lipinski definition) is 4. The second kappa shape index (κ2) is 9.12. The number of pyridine rings is 1. The number of rotatable bonds is 6. The minimum atomic E-state index is -0.463. The van der Waals surface area contributed by atoms with Crippen molar-refractivity contribution in [3.63, 3.8) is 0 Å². The molecule has 4 rings (SSSR count). The van der Waals surface area contributed by atoms with Gasteiger partial charge in [0.25, 0.3) is 5.56 Å². The normalized spacial score (nSPS) is 11.1. The van der Waals surface area contributed by atoms with E-state index in [2.05, 4.69) is 4.98 Å². The van der Waals surface area contributed by atoms with Gasteiger partial charge in [0, 0.05) is 33.1 Å². The average Bonchev–Trinajstić information content (AvgIpc) is 2.82. The zero-order valence-corrected chi connectivity index (χ0v) is 18.3. The van der Waals surface area contributed by atoms with Crippen molar-refractivity contribution in [2.75, 3.05) is 14.2 Å². The van der Waals surface area contributed by atoms with Crippen molar-refractivity contribution >= 4 is 34.4 Å². The van der Waals surface area contributed by atoms with E-state index in [1.165, 1.54) is 6.08 Å². The molecular weight excluding hydrogens is 426 g/mol. The summed E-state index contributed by atoms with van der Waals surface area (Å²) in [6.07, 6.45) is 2.99. The molecule has 0 unspecified atom stereocenters. The lowest BCUT2D eigenvalue weighted by Gasteiger charge is -2.12. The highest BCUT2D eigenvalue weighted by Crippen LogP contribution is 2.32. The molecule has 1 heterocycles. The van der Waals surface area contributed by atoms with Gasteiger partial charge < -0.3 is 14.5 Å². The second-order valence-electron chi connectivity index (χ2n) is 7.07. The fraction of sp³-hybridized carbons (Fsp3) is 0.0769. The molecule has 0 aliphatic rings. The molecule has 0 saturated carbocycles. The van der Waals surface area contributed by atoms with Crippen LogP contribution in [0.2, 0.25) is 5.02 Å². The highest BCUT2D eigenvalue weighted by molar-refractivity contribution is 6.31. The van der Waals surface area contributed by atoms with Gasteiger partial charge in [-0.15, -0.1) is 0 Å². The number of methoxy groups -OCH3 is 2. The van der Waals surface area contributed by atoms with E-state index in [4.69, 9.17) is 21.1 Å². The van der Waals surface area contributed by atoms with Crippen molar-refractivity contribution in [2.45, 2.75) is 0 Å². The average molecular weight is 446 g/mol.